The number of aromatic nitrogens is 4. The topological polar surface area (TPSA) is 54.8 Å². The molecule has 5 heteroatoms. The van der Waals surface area contributed by atoms with E-state index in [2.05, 4.69) is 37.8 Å². The van der Waals surface area contributed by atoms with Crippen LogP contribution in [0.4, 0.5) is 5.82 Å². The predicted molar refractivity (Wildman–Crippen MR) is 91.1 cm³/mol. The summed E-state index contributed by atoms with van der Waals surface area (Å²) in [6.07, 6.45) is 5.42. The van der Waals surface area contributed by atoms with E-state index < -0.39 is 0 Å². The number of rotatable bonds is 4. The molecule has 0 saturated carbocycles. The molecule has 3 aromatic rings. The summed E-state index contributed by atoms with van der Waals surface area (Å²) in [5.41, 5.74) is 2.84. The highest BCUT2D eigenvalue weighted by molar-refractivity contribution is 5.54. The number of hydrogen-bond donors (Lipinski definition) is 0. The van der Waals surface area contributed by atoms with Crippen LogP contribution in [-0.2, 0) is 0 Å². The summed E-state index contributed by atoms with van der Waals surface area (Å²) in [7, 11) is 2.03. The van der Waals surface area contributed by atoms with Gasteiger partial charge in [-0.25, -0.2) is 9.97 Å². The Bertz CT molecular complexity index is 774. The molecule has 5 nitrogen and oxygen atoms in total. The van der Waals surface area contributed by atoms with Crippen molar-refractivity contribution in [1.82, 2.24) is 19.9 Å². The second kappa shape index (κ2) is 6.52. The van der Waals surface area contributed by atoms with Gasteiger partial charge >= 0.3 is 0 Å². The normalized spacial score (nSPS) is 12.0. The van der Waals surface area contributed by atoms with E-state index in [1.807, 2.05) is 50.5 Å². The highest BCUT2D eigenvalue weighted by Gasteiger charge is 2.15. The van der Waals surface area contributed by atoms with Gasteiger partial charge < -0.3 is 4.90 Å². The van der Waals surface area contributed by atoms with E-state index >= 15 is 0 Å². The molecule has 0 N–H and O–H groups in total. The van der Waals surface area contributed by atoms with E-state index in [1.165, 1.54) is 0 Å². The van der Waals surface area contributed by atoms with E-state index in [-0.39, 0.29) is 6.04 Å². The average Bonchev–Trinajstić information content (AvgIpc) is 2.61. The molecule has 0 aromatic carbocycles. The molecule has 0 radical (unpaired) electrons. The van der Waals surface area contributed by atoms with Crippen LogP contribution >= 0.6 is 0 Å². The Morgan fingerprint density at radius 3 is 2.61 bits per heavy atom. The van der Waals surface area contributed by atoms with Crippen molar-refractivity contribution in [1.29, 1.82) is 0 Å². The lowest BCUT2D eigenvalue weighted by Crippen LogP contribution is -2.23. The van der Waals surface area contributed by atoms with Crippen molar-refractivity contribution in [2.75, 3.05) is 11.9 Å². The van der Waals surface area contributed by atoms with Crippen LogP contribution in [0.25, 0.3) is 11.5 Å². The van der Waals surface area contributed by atoms with E-state index in [1.54, 1.807) is 12.4 Å². The number of nitrogens with zero attached hydrogens (tertiary/aromatic N) is 5. The Hall–Kier alpha value is -2.82. The van der Waals surface area contributed by atoms with Gasteiger partial charge in [0.1, 0.15) is 11.5 Å². The molecule has 0 fully saturated rings. The first-order valence-electron chi connectivity index (χ1n) is 7.55. The molecule has 1 atom stereocenters. The van der Waals surface area contributed by atoms with Gasteiger partial charge in [0.05, 0.1) is 6.04 Å². The zero-order chi connectivity index (χ0) is 16.2. The van der Waals surface area contributed by atoms with Gasteiger partial charge in [0, 0.05) is 37.4 Å². The molecular weight excluding hydrogens is 286 g/mol. The summed E-state index contributed by atoms with van der Waals surface area (Å²) in [6, 6.07) is 11.9. The lowest BCUT2D eigenvalue weighted by Gasteiger charge is -2.26. The molecule has 0 aliphatic carbocycles. The van der Waals surface area contributed by atoms with Crippen molar-refractivity contribution in [2.45, 2.75) is 19.9 Å². The van der Waals surface area contributed by atoms with Crippen molar-refractivity contribution < 1.29 is 0 Å². The molecule has 0 unspecified atom stereocenters. The molecule has 116 valence electrons. The molecule has 0 amide bonds. The van der Waals surface area contributed by atoms with Crippen LogP contribution < -0.4 is 4.90 Å². The fraction of sp³-hybridized carbons (Fsp3) is 0.222. The van der Waals surface area contributed by atoms with Crippen LogP contribution in [0.1, 0.15) is 24.2 Å². The Kier molecular flexibility index (Phi) is 4.28. The number of hydrogen-bond acceptors (Lipinski definition) is 5. The van der Waals surface area contributed by atoms with Crippen molar-refractivity contribution in [2.24, 2.45) is 0 Å². The van der Waals surface area contributed by atoms with Crippen LogP contribution in [0.5, 0.6) is 0 Å². The highest BCUT2D eigenvalue weighted by Crippen LogP contribution is 2.25. The molecule has 3 heterocycles. The maximum Gasteiger partial charge on any atom is 0.180 e. The van der Waals surface area contributed by atoms with Gasteiger partial charge in [-0.15, -0.1) is 0 Å². The maximum atomic E-state index is 4.68. The summed E-state index contributed by atoms with van der Waals surface area (Å²) in [6.45, 7) is 4.11. The lowest BCUT2D eigenvalue weighted by atomic mass is 10.1. The fourth-order valence-corrected chi connectivity index (χ4v) is 2.39. The molecular formula is C18H19N5. The minimum Gasteiger partial charge on any atom is -0.353 e. The molecule has 3 rings (SSSR count). The molecule has 0 saturated heterocycles. The van der Waals surface area contributed by atoms with Crippen LogP contribution in [0.3, 0.4) is 0 Å². The standard InChI is InChI=1S/C18H19N5/c1-13-11-17(22-18(21-13)16-8-4-5-10-20-16)23(3)14(2)15-7-6-9-19-12-15/h4-12,14H,1-3H3/t14-/m0/s1. The summed E-state index contributed by atoms with van der Waals surface area (Å²) in [5, 5.41) is 0. The minimum absolute atomic E-state index is 0.162. The van der Waals surface area contributed by atoms with Gasteiger partial charge in [-0.05, 0) is 37.6 Å². The van der Waals surface area contributed by atoms with Gasteiger partial charge in [-0.1, -0.05) is 12.1 Å². The highest BCUT2D eigenvalue weighted by atomic mass is 15.2. The van der Waals surface area contributed by atoms with E-state index in [4.69, 9.17) is 0 Å². The first-order chi connectivity index (χ1) is 11.1. The third-order valence-corrected chi connectivity index (χ3v) is 3.84. The predicted octanol–water partition coefficient (Wildman–Crippen LogP) is 3.44. The maximum absolute atomic E-state index is 4.68. The molecule has 23 heavy (non-hydrogen) atoms. The van der Waals surface area contributed by atoms with Gasteiger partial charge in [-0.2, -0.15) is 0 Å². The first-order valence-corrected chi connectivity index (χ1v) is 7.55. The van der Waals surface area contributed by atoms with Crippen molar-refractivity contribution in [3.8, 4) is 11.5 Å². The lowest BCUT2D eigenvalue weighted by molar-refractivity contribution is 0.723. The summed E-state index contributed by atoms with van der Waals surface area (Å²) in [5.74, 6) is 1.51. The van der Waals surface area contributed by atoms with E-state index in [9.17, 15) is 0 Å². The monoisotopic (exact) mass is 305 g/mol. The van der Waals surface area contributed by atoms with Crippen molar-refractivity contribution >= 4 is 5.82 Å². The molecule has 0 aliphatic rings. The molecule has 3 aromatic heterocycles. The largest absolute Gasteiger partial charge is 0.353 e. The SMILES string of the molecule is Cc1cc(N(C)[C@@H](C)c2cccnc2)nc(-c2ccccn2)n1. The third-order valence-electron chi connectivity index (χ3n) is 3.84. The number of aryl methyl sites for hydroxylation is 1. The number of anilines is 1. The third kappa shape index (κ3) is 3.34. The summed E-state index contributed by atoms with van der Waals surface area (Å²) < 4.78 is 0. The van der Waals surface area contributed by atoms with Crippen molar-refractivity contribution in [3.63, 3.8) is 0 Å². The zero-order valence-corrected chi connectivity index (χ0v) is 13.5. The Labute approximate surface area is 136 Å². The first kappa shape index (κ1) is 15.1. The van der Waals surface area contributed by atoms with E-state index in [0.717, 1.165) is 22.8 Å². The van der Waals surface area contributed by atoms with Crippen LogP contribution in [0.2, 0.25) is 0 Å². The van der Waals surface area contributed by atoms with Crippen LogP contribution in [0.15, 0.2) is 55.0 Å². The van der Waals surface area contributed by atoms with Gasteiger partial charge in [0.2, 0.25) is 0 Å². The Morgan fingerprint density at radius 2 is 1.91 bits per heavy atom. The fourth-order valence-electron chi connectivity index (χ4n) is 2.39. The van der Waals surface area contributed by atoms with Gasteiger partial charge in [0.15, 0.2) is 5.82 Å². The average molecular weight is 305 g/mol. The van der Waals surface area contributed by atoms with Crippen LogP contribution in [-0.4, -0.2) is 27.0 Å². The number of pyridine rings is 2. The second-order valence-corrected chi connectivity index (χ2v) is 5.48. The summed E-state index contributed by atoms with van der Waals surface area (Å²) >= 11 is 0. The Morgan fingerprint density at radius 1 is 1.04 bits per heavy atom. The van der Waals surface area contributed by atoms with Crippen LogP contribution in [0, 0.1) is 6.92 Å². The smallest absolute Gasteiger partial charge is 0.180 e. The van der Waals surface area contributed by atoms with Gasteiger partial charge in [0.25, 0.3) is 0 Å². The van der Waals surface area contributed by atoms with Crippen molar-refractivity contribution in [3.05, 3.63) is 66.2 Å². The quantitative estimate of drug-likeness (QED) is 0.739. The molecule has 0 aliphatic heterocycles. The molecule has 0 bridgehead atoms. The Balaban J connectivity index is 1.95. The minimum atomic E-state index is 0.162. The molecule has 0 spiro atoms. The van der Waals surface area contributed by atoms with E-state index in [0.29, 0.717) is 5.82 Å². The summed E-state index contributed by atoms with van der Waals surface area (Å²) in [4.78, 5) is 19.8. The zero-order valence-electron chi connectivity index (χ0n) is 13.5. The second-order valence-electron chi connectivity index (χ2n) is 5.48. The van der Waals surface area contributed by atoms with Gasteiger partial charge in [-0.3, -0.25) is 9.97 Å².